The van der Waals surface area contributed by atoms with Crippen LogP contribution in [-0.4, -0.2) is 25.6 Å². The Hall–Kier alpha value is -4.18. The molecule has 0 atom stereocenters. The summed E-state index contributed by atoms with van der Waals surface area (Å²) in [4.78, 5) is 9.31. The predicted molar refractivity (Wildman–Crippen MR) is 233 cm³/mol. The molecule has 4 heteroatoms. The van der Waals surface area contributed by atoms with E-state index in [0.717, 1.165) is 72.9 Å². The van der Waals surface area contributed by atoms with E-state index in [1.807, 2.05) is 12.4 Å². The first-order valence-electron chi connectivity index (χ1n) is 21.4. The third-order valence-electron chi connectivity index (χ3n) is 10.1. The molecule has 54 heavy (non-hydrogen) atoms. The van der Waals surface area contributed by atoms with Crippen molar-refractivity contribution in [2.24, 2.45) is 9.98 Å². The average molecular weight is 729 g/mol. The van der Waals surface area contributed by atoms with Gasteiger partial charge in [0.2, 0.25) is 0 Å². The lowest BCUT2D eigenvalue weighted by Crippen LogP contribution is -1.97. The van der Waals surface area contributed by atoms with Crippen molar-refractivity contribution in [1.29, 1.82) is 0 Å². The molecule has 0 heterocycles. The quantitative estimate of drug-likeness (QED) is 0.0413. The number of hydrogen-bond acceptors (Lipinski definition) is 4. The molecule has 0 bridgehead atoms. The van der Waals surface area contributed by atoms with Crippen molar-refractivity contribution in [2.75, 3.05) is 13.2 Å². The van der Waals surface area contributed by atoms with Crippen LogP contribution in [0.1, 0.15) is 152 Å². The first kappa shape index (κ1) is 42.6. The molecule has 0 aliphatic rings. The van der Waals surface area contributed by atoms with Crippen molar-refractivity contribution < 1.29 is 9.47 Å². The predicted octanol–water partition coefficient (Wildman–Crippen LogP) is 14.8. The van der Waals surface area contributed by atoms with E-state index in [2.05, 4.69) is 121 Å². The molecule has 0 fully saturated rings. The topological polar surface area (TPSA) is 43.2 Å². The van der Waals surface area contributed by atoms with E-state index in [1.54, 1.807) is 0 Å². The van der Waals surface area contributed by atoms with Gasteiger partial charge in [-0.15, -0.1) is 0 Å². The molecule has 0 aliphatic carbocycles. The monoisotopic (exact) mass is 729 g/mol. The van der Waals surface area contributed by atoms with Crippen molar-refractivity contribution in [3.63, 3.8) is 0 Å². The molecule has 4 aromatic rings. The molecular formula is C50H68N2O2. The van der Waals surface area contributed by atoms with E-state index in [-0.39, 0.29) is 0 Å². The van der Waals surface area contributed by atoms with E-state index < -0.39 is 0 Å². The lowest BCUT2D eigenvalue weighted by atomic mass is 10.1. The Morgan fingerprint density at radius 2 is 0.704 bits per heavy atom. The summed E-state index contributed by atoms with van der Waals surface area (Å²) in [5.74, 6) is 1.88. The lowest BCUT2D eigenvalue weighted by Gasteiger charge is -2.07. The van der Waals surface area contributed by atoms with Crippen LogP contribution in [-0.2, 0) is 12.8 Å². The Bertz CT molecular complexity index is 1440. The van der Waals surface area contributed by atoms with Gasteiger partial charge in [0.15, 0.2) is 0 Å². The molecule has 0 N–H and O–H groups in total. The van der Waals surface area contributed by atoms with Crippen LogP contribution in [0.3, 0.4) is 0 Å². The highest BCUT2D eigenvalue weighted by Crippen LogP contribution is 2.19. The SMILES string of the molecule is CCCCCCc1ccc(N=Cc2ccc(OCCCCCCCCCCCCOc3ccc(C=Nc4ccc(CCCCCC)cc4)cc3)cc2)cc1. The summed E-state index contributed by atoms with van der Waals surface area (Å²) in [6, 6.07) is 33.9. The molecule has 0 spiro atoms. The van der Waals surface area contributed by atoms with Crippen LogP contribution in [0.2, 0.25) is 0 Å². The van der Waals surface area contributed by atoms with Gasteiger partial charge in [0.25, 0.3) is 0 Å². The molecule has 0 aliphatic heterocycles. The summed E-state index contributed by atoms with van der Waals surface area (Å²) in [5.41, 5.74) is 6.99. The Labute approximate surface area is 328 Å². The van der Waals surface area contributed by atoms with Crippen molar-refractivity contribution in [3.05, 3.63) is 119 Å². The Kier molecular flexibility index (Phi) is 21.6. The van der Waals surface area contributed by atoms with Crippen LogP contribution in [0, 0.1) is 0 Å². The molecule has 290 valence electrons. The number of aliphatic imine (C=N–C) groups is 2. The van der Waals surface area contributed by atoms with E-state index in [1.165, 1.54) is 114 Å². The summed E-state index contributed by atoms with van der Waals surface area (Å²) in [6.45, 7) is 6.08. The second-order valence-electron chi connectivity index (χ2n) is 14.8. The summed E-state index contributed by atoms with van der Waals surface area (Å²) in [7, 11) is 0. The normalized spacial score (nSPS) is 11.5. The van der Waals surface area contributed by atoms with E-state index in [4.69, 9.17) is 9.47 Å². The molecular weight excluding hydrogens is 661 g/mol. The molecule has 4 rings (SSSR count). The average Bonchev–Trinajstić information content (AvgIpc) is 3.21. The van der Waals surface area contributed by atoms with Gasteiger partial charge < -0.3 is 9.47 Å². The van der Waals surface area contributed by atoms with Gasteiger partial charge >= 0.3 is 0 Å². The van der Waals surface area contributed by atoms with Crippen LogP contribution < -0.4 is 9.47 Å². The zero-order chi connectivity index (χ0) is 37.7. The van der Waals surface area contributed by atoms with E-state index in [0.29, 0.717) is 0 Å². The van der Waals surface area contributed by atoms with Gasteiger partial charge in [0.05, 0.1) is 24.6 Å². The van der Waals surface area contributed by atoms with Gasteiger partial charge in [-0.2, -0.15) is 0 Å². The van der Waals surface area contributed by atoms with E-state index in [9.17, 15) is 0 Å². The first-order chi connectivity index (χ1) is 26.7. The molecule has 0 amide bonds. The third kappa shape index (κ3) is 18.7. The molecule has 0 aromatic heterocycles. The standard InChI is InChI=1S/C50H68N2O2/c1-3-5-7-17-21-43-23-31-47(32-24-43)51-41-45-27-35-49(36-28-45)53-39-19-15-13-11-9-10-12-14-16-20-40-54-50-37-29-46(30-38-50)42-52-48-33-25-44(26-34-48)22-18-8-6-4-2/h23-38,41-42H,3-22,39-40H2,1-2H3. The summed E-state index contributed by atoms with van der Waals surface area (Å²) < 4.78 is 12.0. The van der Waals surface area contributed by atoms with Crippen LogP contribution in [0.25, 0.3) is 0 Å². The maximum Gasteiger partial charge on any atom is 0.119 e. The number of aryl methyl sites for hydroxylation is 2. The van der Waals surface area contributed by atoms with Gasteiger partial charge in [-0.05, 0) is 134 Å². The highest BCUT2D eigenvalue weighted by molar-refractivity contribution is 5.82. The van der Waals surface area contributed by atoms with Gasteiger partial charge in [-0.25, -0.2) is 0 Å². The van der Waals surface area contributed by atoms with Gasteiger partial charge in [0.1, 0.15) is 11.5 Å². The fourth-order valence-electron chi connectivity index (χ4n) is 6.61. The molecule has 0 unspecified atom stereocenters. The fraction of sp³-hybridized carbons (Fsp3) is 0.480. The fourth-order valence-corrected chi connectivity index (χ4v) is 6.61. The second-order valence-corrected chi connectivity index (χ2v) is 14.8. The number of benzene rings is 4. The summed E-state index contributed by atoms with van der Waals surface area (Å²) >= 11 is 0. The molecule has 4 nitrogen and oxygen atoms in total. The van der Waals surface area contributed by atoms with Crippen molar-refractivity contribution in [3.8, 4) is 11.5 Å². The summed E-state index contributed by atoms with van der Waals surface area (Å²) in [5, 5.41) is 0. The zero-order valence-corrected chi connectivity index (χ0v) is 33.7. The summed E-state index contributed by atoms with van der Waals surface area (Å²) in [6.07, 6.45) is 29.2. The highest BCUT2D eigenvalue weighted by Gasteiger charge is 2.00. The Morgan fingerprint density at radius 1 is 0.370 bits per heavy atom. The minimum Gasteiger partial charge on any atom is -0.494 e. The maximum atomic E-state index is 5.99. The molecule has 0 saturated heterocycles. The van der Waals surface area contributed by atoms with Crippen LogP contribution in [0.5, 0.6) is 11.5 Å². The Morgan fingerprint density at radius 3 is 1.06 bits per heavy atom. The van der Waals surface area contributed by atoms with Crippen molar-refractivity contribution in [2.45, 2.75) is 142 Å². The highest BCUT2D eigenvalue weighted by atomic mass is 16.5. The minimum atomic E-state index is 0.785. The van der Waals surface area contributed by atoms with Crippen LogP contribution in [0.15, 0.2) is 107 Å². The zero-order valence-electron chi connectivity index (χ0n) is 33.7. The number of ether oxygens (including phenoxy) is 2. The third-order valence-corrected chi connectivity index (χ3v) is 10.1. The Balaban J connectivity index is 0.938. The number of hydrogen-bond donors (Lipinski definition) is 0. The number of nitrogens with zero attached hydrogens (tertiary/aromatic N) is 2. The number of unbranched alkanes of at least 4 members (excludes halogenated alkanes) is 15. The minimum absolute atomic E-state index is 0.785. The number of rotatable bonds is 29. The van der Waals surface area contributed by atoms with Crippen LogP contribution >= 0.6 is 0 Å². The van der Waals surface area contributed by atoms with Crippen LogP contribution in [0.4, 0.5) is 11.4 Å². The second kappa shape index (κ2) is 27.4. The molecule has 0 saturated carbocycles. The smallest absolute Gasteiger partial charge is 0.119 e. The first-order valence-corrected chi connectivity index (χ1v) is 21.4. The van der Waals surface area contributed by atoms with Gasteiger partial charge in [-0.1, -0.05) is 128 Å². The molecule has 0 radical (unpaired) electrons. The van der Waals surface area contributed by atoms with Crippen molar-refractivity contribution >= 4 is 23.8 Å². The van der Waals surface area contributed by atoms with E-state index >= 15 is 0 Å². The largest absolute Gasteiger partial charge is 0.494 e. The lowest BCUT2D eigenvalue weighted by molar-refractivity contribution is 0.303. The molecule has 4 aromatic carbocycles. The van der Waals surface area contributed by atoms with Gasteiger partial charge in [0, 0.05) is 12.4 Å². The maximum absolute atomic E-state index is 5.99. The van der Waals surface area contributed by atoms with Crippen molar-refractivity contribution in [1.82, 2.24) is 0 Å². The van der Waals surface area contributed by atoms with Gasteiger partial charge in [-0.3, -0.25) is 9.98 Å².